The molecule has 0 saturated carbocycles. The Morgan fingerprint density at radius 3 is 2.69 bits per heavy atom. The summed E-state index contributed by atoms with van der Waals surface area (Å²) in [7, 11) is 1.99. The van der Waals surface area contributed by atoms with E-state index in [1.165, 1.54) is 0 Å². The number of pyridine rings is 1. The summed E-state index contributed by atoms with van der Waals surface area (Å²) in [5, 5.41) is 1.94. The van der Waals surface area contributed by atoms with Gasteiger partial charge in [0.05, 0.1) is 6.20 Å². The summed E-state index contributed by atoms with van der Waals surface area (Å²) in [5.41, 5.74) is 0. The number of aromatic nitrogens is 1. The molecule has 2 heterocycles. The zero-order valence-corrected chi connectivity index (χ0v) is 9.61. The maximum atomic E-state index is 3.06. The van der Waals surface area contributed by atoms with Gasteiger partial charge in [0, 0.05) is 26.3 Å². The van der Waals surface area contributed by atoms with Crippen LogP contribution in [0.2, 0.25) is 0 Å². The van der Waals surface area contributed by atoms with Crippen molar-refractivity contribution in [2.75, 3.05) is 12.1 Å². The topological polar surface area (TPSA) is 10.4 Å². The second-order valence-electron chi connectivity index (χ2n) is 2.63. The van der Waals surface area contributed by atoms with Crippen LogP contribution >= 0.6 is 0 Å². The summed E-state index contributed by atoms with van der Waals surface area (Å²) in [6.07, 6.45) is 8.96. The molecule has 2 rings (SSSR count). The van der Waals surface area contributed by atoms with E-state index in [1.54, 1.807) is 0 Å². The molecule has 0 bridgehead atoms. The zero-order valence-electron chi connectivity index (χ0n) is 7.22. The maximum absolute atomic E-state index is 3.06. The summed E-state index contributed by atoms with van der Waals surface area (Å²) >= 11 is 0. The van der Waals surface area contributed by atoms with Crippen molar-refractivity contribution in [1.82, 2.24) is 4.90 Å². The number of hydrogen-bond acceptors (Lipinski definition) is 2. The van der Waals surface area contributed by atoms with Crippen molar-refractivity contribution in [2.24, 2.45) is 0 Å². The first-order valence-electron chi connectivity index (χ1n) is 3.78. The van der Waals surface area contributed by atoms with E-state index < -0.39 is 0 Å². The molecule has 1 radical (unpaired) electrons. The van der Waals surface area contributed by atoms with E-state index in [2.05, 4.69) is 6.20 Å². The van der Waals surface area contributed by atoms with Crippen LogP contribution in [0.4, 0.5) is 0 Å². The standard InChI is InChI=1S/C9H10N3.Ir/c1-10-7-8-12(9-10)11-5-3-2-4-6-11;/h2-5,7-9H,1H3;/q-1;. The third-order valence-electron chi connectivity index (χ3n) is 1.65. The summed E-state index contributed by atoms with van der Waals surface area (Å²) in [6.45, 7) is 1.97. The minimum Gasteiger partial charge on any atom is -0.505 e. The van der Waals surface area contributed by atoms with Gasteiger partial charge in [0.15, 0.2) is 0 Å². The SMILES string of the molecule is CN1C=CN([n+]2[c-]cccc2)[CH-]1.[Ir]. The first-order chi connectivity index (χ1) is 5.86. The van der Waals surface area contributed by atoms with Crippen LogP contribution in [0, 0.1) is 12.9 Å². The molecule has 0 aliphatic carbocycles. The van der Waals surface area contributed by atoms with Crippen molar-refractivity contribution in [3.05, 3.63) is 49.7 Å². The van der Waals surface area contributed by atoms with Crippen molar-refractivity contribution in [1.29, 1.82) is 0 Å². The molecular formula is C9H10IrN3-. The van der Waals surface area contributed by atoms with Crippen LogP contribution in [0.5, 0.6) is 0 Å². The zero-order chi connectivity index (χ0) is 8.39. The molecule has 71 valence electrons. The first kappa shape index (κ1) is 10.2. The summed E-state index contributed by atoms with van der Waals surface area (Å²) in [5.74, 6) is 0. The summed E-state index contributed by atoms with van der Waals surface area (Å²) in [4.78, 5) is 1.98. The molecule has 13 heavy (non-hydrogen) atoms. The molecule has 0 amide bonds. The molecule has 0 N–H and O–H groups in total. The van der Waals surface area contributed by atoms with Gasteiger partial charge in [-0.15, -0.1) is 12.1 Å². The van der Waals surface area contributed by atoms with Gasteiger partial charge in [0.25, 0.3) is 0 Å². The molecule has 4 heteroatoms. The van der Waals surface area contributed by atoms with E-state index >= 15 is 0 Å². The van der Waals surface area contributed by atoms with Crippen molar-refractivity contribution < 1.29 is 24.8 Å². The Balaban J connectivity index is 0.000000845. The number of rotatable bonds is 1. The molecule has 1 aliphatic heterocycles. The average molecular weight is 352 g/mol. The number of nitrogens with zero attached hydrogens (tertiary/aromatic N) is 3. The van der Waals surface area contributed by atoms with Crippen LogP contribution in [0.25, 0.3) is 0 Å². The van der Waals surface area contributed by atoms with E-state index in [1.807, 2.05) is 65.1 Å². The van der Waals surface area contributed by atoms with Crippen LogP contribution in [-0.4, -0.2) is 11.9 Å². The van der Waals surface area contributed by atoms with Gasteiger partial charge in [-0.25, -0.2) is 4.68 Å². The second kappa shape index (κ2) is 4.40. The van der Waals surface area contributed by atoms with Crippen LogP contribution in [-0.2, 0) is 20.1 Å². The smallest absolute Gasteiger partial charge is 0.142 e. The molecule has 3 nitrogen and oxygen atoms in total. The summed E-state index contributed by atoms with van der Waals surface area (Å²) in [6, 6.07) is 5.79. The second-order valence-corrected chi connectivity index (χ2v) is 2.63. The predicted molar refractivity (Wildman–Crippen MR) is 44.9 cm³/mol. The molecular weight excluding hydrogens is 342 g/mol. The third-order valence-corrected chi connectivity index (χ3v) is 1.65. The Morgan fingerprint density at radius 1 is 1.31 bits per heavy atom. The first-order valence-corrected chi connectivity index (χ1v) is 3.78. The average Bonchev–Trinajstić information content (AvgIpc) is 2.54. The minimum atomic E-state index is 0. The van der Waals surface area contributed by atoms with Crippen molar-refractivity contribution in [3.63, 3.8) is 0 Å². The van der Waals surface area contributed by atoms with Crippen LogP contribution in [0.3, 0.4) is 0 Å². The van der Waals surface area contributed by atoms with Gasteiger partial charge in [0.2, 0.25) is 0 Å². The minimum absolute atomic E-state index is 0. The molecule has 0 atom stereocenters. The Labute approximate surface area is 91.6 Å². The fourth-order valence-electron chi connectivity index (χ4n) is 1.06. The van der Waals surface area contributed by atoms with E-state index in [0.717, 1.165) is 0 Å². The van der Waals surface area contributed by atoms with E-state index in [-0.39, 0.29) is 20.1 Å². The van der Waals surface area contributed by atoms with Gasteiger partial charge in [0.1, 0.15) is 6.20 Å². The number of hydrogen-bond donors (Lipinski definition) is 0. The summed E-state index contributed by atoms with van der Waals surface area (Å²) < 4.78 is 1.88. The Hall–Kier alpha value is -0.861. The fourth-order valence-corrected chi connectivity index (χ4v) is 1.06. The van der Waals surface area contributed by atoms with Crippen LogP contribution in [0.15, 0.2) is 36.8 Å². The van der Waals surface area contributed by atoms with Gasteiger partial charge in [-0.05, 0) is 13.2 Å². The molecule has 0 saturated heterocycles. The van der Waals surface area contributed by atoms with Crippen molar-refractivity contribution >= 4 is 0 Å². The molecule has 0 aromatic carbocycles. The van der Waals surface area contributed by atoms with E-state index in [0.29, 0.717) is 0 Å². The van der Waals surface area contributed by atoms with Gasteiger partial charge in [-0.3, -0.25) is 0 Å². The largest absolute Gasteiger partial charge is 0.505 e. The predicted octanol–water partition coefficient (Wildman–Crippen LogP) is 0.246. The monoisotopic (exact) mass is 353 g/mol. The van der Waals surface area contributed by atoms with Gasteiger partial charge in [-0.2, -0.15) is 6.07 Å². The quantitative estimate of drug-likeness (QED) is 0.530. The molecule has 1 aromatic rings. The Bertz CT molecular complexity index is 286. The van der Waals surface area contributed by atoms with Crippen molar-refractivity contribution in [2.45, 2.75) is 0 Å². The Morgan fingerprint density at radius 2 is 2.15 bits per heavy atom. The van der Waals surface area contributed by atoms with Crippen LogP contribution in [0.1, 0.15) is 0 Å². The van der Waals surface area contributed by atoms with Gasteiger partial charge in [-0.1, -0.05) is 6.67 Å². The van der Waals surface area contributed by atoms with Crippen molar-refractivity contribution in [3.8, 4) is 0 Å². The maximum Gasteiger partial charge on any atom is 0.142 e. The third kappa shape index (κ3) is 2.29. The molecule has 0 fully saturated rings. The Kier molecular flexibility index (Phi) is 3.46. The normalized spacial score (nSPS) is 14.5. The van der Waals surface area contributed by atoms with Crippen LogP contribution < -0.4 is 9.69 Å². The molecule has 0 spiro atoms. The van der Waals surface area contributed by atoms with E-state index in [4.69, 9.17) is 0 Å². The van der Waals surface area contributed by atoms with Gasteiger partial charge < -0.3 is 9.91 Å². The van der Waals surface area contributed by atoms with E-state index in [9.17, 15) is 0 Å². The molecule has 1 aliphatic rings. The van der Waals surface area contributed by atoms with Gasteiger partial charge >= 0.3 is 0 Å². The molecule has 1 aromatic heterocycles. The fraction of sp³-hybridized carbons (Fsp3) is 0.111. The molecule has 0 unspecified atom stereocenters.